The average Bonchev–Trinajstić information content (AvgIpc) is 3.21. The third-order valence-electron chi connectivity index (χ3n) is 4.66. The van der Waals surface area contributed by atoms with Crippen molar-refractivity contribution in [3.05, 3.63) is 33.7 Å². The zero-order chi connectivity index (χ0) is 16.6. The summed E-state index contributed by atoms with van der Waals surface area (Å²) in [7, 11) is 0. The van der Waals surface area contributed by atoms with Gasteiger partial charge in [0.15, 0.2) is 0 Å². The Morgan fingerprint density at radius 1 is 1.30 bits per heavy atom. The lowest BCUT2D eigenvalue weighted by Gasteiger charge is -2.30. The van der Waals surface area contributed by atoms with Gasteiger partial charge in [-0.25, -0.2) is 0 Å². The first-order chi connectivity index (χ1) is 11.0. The lowest BCUT2D eigenvalue weighted by atomic mass is 10.1. The molecule has 1 saturated heterocycles. The first kappa shape index (κ1) is 15.8. The van der Waals surface area contributed by atoms with Crippen LogP contribution in [0.4, 0.5) is 0 Å². The number of carbonyl (C=O) groups excluding carboxylic acids is 2. The summed E-state index contributed by atoms with van der Waals surface area (Å²) < 4.78 is 0. The number of carbonyl (C=O) groups is 2. The van der Waals surface area contributed by atoms with Gasteiger partial charge in [0.1, 0.15) is 0 Å². The predicted octanol–water partition coefficient (Wildman–Crippen LogP) is 1.30. The van der Waals surface area contributed by atoms with Crippen molar-refractivity contribution in [3.8, 4) is 0 Å². The average molecular weight is 317 g/mol. The molecule has 1 aliphatic carbocycles. The highest BCUT2D eigenvalue weighted by molar-refractivity contribution is 5.94. The molecule has 124 valence electrons. The van der Waals surface area contributed by atoms with Crippen LogP contribution < -0.4 is 5.56 Å². The number of amides is 2. The highest BCUT2D eigenvalue weighted by atomic mass is 16.2. The van der Waals surface area contributed by atoms with E-state index in [4.69, 9.17) is 0 Å². The summed E-state index contributed by atoms with van der Waals surface area (Å²) in [5.74, 6) is -0.0280. The fourth-order valence-corrected chi connectivity index (χ4v) is 3.41. The summed E-state index contributed by atoms with van der Waals surface area (Å²) in [4.78, 5) is 42.6. The lowest BCUT2D eigenvalue weighted by Crippen LogP contribution is -2.45. The summed E-state index contributed by atoms with van der Waals surface area (Å²) in [6.45, 7) is 4.66. The fraction of sp³-hybridized carbons (Fsp3) is 0.588. The first-order valence-electron chi connectivity index (χ1n) is 8.25. The molecule has 6 nitrogen and oxygen atoms in total. The van der Waals surface area contributed by atoms with Crippen LogP contribution in [0, 0.1) is 6.92 Å². The van der Waals surface area contributed by atoms with Crippen molar-refractivity contribution in [1.29, 1.82) is 0 Å². The SMILES string of the molecule is CC(=O)N(C[C@H]1CCCN1C(=O)c1cc(C)[nH]c(=O)c1)C1CC1. The van der Waals surface area contributed by atoms with Gasteiger partial charge in [0.05, 0.1) is 0 Å². The molecule has 6 heteroatoms. The number of hydrogen-bond acceptors (Lipinski definition) is 3. The van der Waals surface area contributed by atoms with E-state index < -0.39 is 0 Å². The Morgan fingerprint density at radius 2 is 2.04 bits per heavy atom. The van der Waals surface area contributed by atoms with Gasteiger partial charge in [0.2, 0.25) is 11.5 Å². The van der Waals surface area contributed by atoms with E-state index in [9.17, 15) is 14.4 Å². The fourth-order valence-electron chi connectivity index (χ4n) is 3.41. The van der Waals surface area contributed by atoms with Gasteiger partial charge >= 0.3 is 0 Å². The molecule has 1 saturated carbocycles. The monoisotopic (exact) mass is 317 g/mol. The molecule has 1 aromatic heterocycles. The van der Waals surface area contributed by atoms with E-state index in [1.165, 1.54) is 6.07 Å². The van der Waals surface area contributed by atoms with Gasteiger partial charge < -0.3 is 14.8 Å². The van der Waals surface area contributed by atoms with Crippen molar-refractivity contribution in [1.82, 2.24) is 14.8 Å². The lowest BCUT2D eigenvalue weighted by molar-refractivity contribution is -0.130. The molecule has 23 heavy (non-hydrogen) atoms. The van der Waals surface area contributed by atoms with Crippen LogP contribution in [-0.2, 0) is 4.79 Å². The number of aryl methyl sites for hydroxylation is 1. The molecule has 3 rings (SSSR count). The molecule has 0 spiro atoms. The standard InChI is InChI=1S/C17H23N3O3/c1-11-8-13(9-16(22)18-11)17(23)19-7-3-4-15(19)10-20(12(2)21)14-5-6-14/h8-9,14-15H,3-7,10H2,1-2H3,(H,18,22)/t15-/m1/s1. The van der Waals surface area contributed by atoms with Crippen molar-refractivity contribution in [2.24, 2.45) is 0 Å². The van der Waals surface area contributed by atoms with E-state index in [0.29, 0.717) is 30.4 Å². The Hall–Kier alpha value is -2.11. The van der Waals surface area contributed by atoms with Crippen molar-refractivity contribution in [2.45, 2.75) is 51.6 Å². The summed E-state index contributed by atoms with van der Waals surface area (Å²) in [6, 6.07) is 3.47. The van der Waals surface area contributed by atoms with E-state index in [0.717, 1.165) is 25.7 Å². The molecule has 2 heterocycles. The van der Waals surface area contributed by atoms with Crippen molar-refractivity contribution in [2.75, 3.05) is 13.1 Å². The van der Waals surface area contributed by atoms with Crippen LogP contribution in [-0.4, -0.2) is 51.8 Å². The minimum absolute atomic E-state index is 0.0478. The van der Waals surface area contributed by atoms with Crippen LogP contribution in [0.1, 0.15) is 48.7 Å². The third-order valence-corrected chi connectivity index (χ3v) is 4.66. The smallest absolute Gasteiger partial charge is 0.254 e. The van der Waals surface area contributed by atoms with Crippen molar-refractivity contribution >= 4 is 11.8 Å². The second-order valence-corrected chi connectivity index (χ2v) is 6.61. The minimum Gasteiger partial charge on any atom is -0.338 e. The number of H-pyrrole nitrogens is 1. The largest absolute Gasteiger partial charge is 0.338 e. The summed E-state index contributed by atoms with van der Waals surface area (Å²) in [5, 5.41) is 0. The van der Waals surface area contributed by atoms with E-state index in [2.05, 4.69) is 4.98 Å². The Bertz CT molecular complexity index is 678. The number of rotatable bonds is 4. The quantitative estimate of drug-likeness (QED) is 0.909. The van der Waals surface area contributed by atoms with Gasteiger partial charge in [0.25, 0.3) is 5.91 Å². The van der Waals surface area contributed by atoms with Crippen LogP contribution in [0.15, 0.2) is 16.9 Å². The molecule has 1 aliphatic heterocycles. The van der Waals surface area contributed by atoms with Crippen LogP contribution >= 0.6 is 0 Å². The van der Waals surface area contributed by atoms with E-state index in [1.807, 2.05) is 9.80 Å². The maximum Gasteiger partial charge on any atom is 0.254 e. The Balaban J connectivity index is 1.76. The number of pyridine rings is 1. The molecule has 2 aliphatic rings. The Kier molecular flexibility index (Phi) is 4.24. The van der Waals surface area contributed by atoms with Crippen LogP contribution in [0.25, 0.3) is 0 Å². The van der Waals surface area contributed by atoms with Crippen LogP contribution in [0.2, 0.25) is 0 Å². The highest BCUT2D eigenvalue weighted by Gasteiger charge is 2.36. The molecule has 0 unspecified atom stereocenters. The maximum atomic E-state index is 12.8. The van der Waals surface area contributed by atoms with Gasteiger partial charge in [-0.05, 0) is 38.7 Å². The van der Waals surface area contributed by atoms with Gasteiger partial charge in [-0.1, -0.05) is 0 Å². The van der Waals surface area contributed by atoms with Crippen LogP contribution in [0.3, 0.4) is 0 Å². The molecule has 0 bridgehead atoms. The van der Waals surface area contributed by atoms with Crippen molar-refractivity contribution < 1.29 is 9.59 Å². The molecule has 1 aromatic rings. The summed E-state index contributed by atoms with van der Waals surface area (Å²) in [6.07, 6.45) is 3.97. The van der Waals surface area contributed by atoms with Gasteiger partial charge in [-0.3, -0.25) is 14.4 Å². The zero-order valence-electron chi connectivity index (χ0n) is 13.7. The van der Waals surface area contributed by atoms with Crippen LogP contribution in [0.5, 0.6) is 0 Å². The van der Waals surface area contributed by atoms with E-state index in [-0.39, 0.29) is 23.4 Å². The summed E-state index contributed by atoms with van der Waals surface area (Å²) in [5.41, 5.74) is 0.853. The molecule has 0 aromatic carbocycles. The zero-order valence-corrected chi connectivity index (χ0v) is 13.7. The molecule has 1 N–H and O–H groups in total. The normalized spacial score (nSPS) is 20.6. The van der Waals surface area contributed by atoms with Crippen molar-refractivity contribution in [3.63, 3.8) is 0 Å². The molecule has 0 radical (unpaired) electrons. The minimum atomic E-state index is -0.257. The number of hydrogen-bond donors (Lipinski definition) is 1. The maximum absolute atomic E-state index is 12.8. The molecule has 2 amide bonds. The number of aromatic amines is 1. The topological polar surface area (TPSA) is 73.5 Å². The second-order valence-electron chi connectivity index (χ2n) is 6.61. The Labute approximate surface area is 135 Å². The number of nitrogens with zero attached hydrogens (tertiary/aromatic N) is 2. The highest BCUT2D eigenvalue weighted by Crippen LogP contribution is 2.29. The predicted molar refractivity (Wildman–Crippen MR) is 86.3 cm³/mol. The van der Waals surface area contributed by atoms with E-state index in [1.54, 1.807) is 19.9 Å². The molecular weight excluding hydrogens is 294 g/mol. The number of aromatic nitrogens is 1. The number of nitrogens with one attached hydrogen (secondary N) is 1. The number of likely N-dealkylation sites (tertiary alicyclic amines) is 1. The Morgan fingerprint density at radius 3 is 2.65 bits per heavy atom. The first-order valence-corrected chi connectivity index (χ1v) is 8.25. The molecular formula is C17H23N3O3. The third kappa shape index (κ3) is 3.46. The van der Waals surface area contributed by atoms with Gasteiger partial charge in [-0.15, -0.1) is 0 Å². The molecule has 2 fully saturated rings. The second kappa shape index (κ2) is 6.18. The van der Waals surface area contributed by atoms with E-state index >= 15 is 0 Å². The summed E-state index contributed by atoms with van der Waals surface area (Å²) >= 11 is 0. The van der Waals surface area contributed by atoms with Gasteiger partial charge in [0, 0.05) is 49.4 Å². The van der Waals surface area contributed by atoms with Gasteiger partial charge in [-0.2, -0.15) is 0 Å². The molecule has 1 atom stereocenters.